The molecule has 1 aliphatic carbocycles. The number of aromatic nitrogens is 2. The van der Waals surface area contributed by atoms with E-state index in [1.54, 1.807) is 28.4 Å². The number of nitrogens with zero attached hydrogens (tertiary/aromatic N) is 2. The average molecular weight is 1420 g/mol. The molecule has 0 bridgehead atoms. The zero-order valence-corrected chi connectivity index (χ0v) is 56.8. The Kier molecular flexibility index (Phi) is 34.4. The Bertz CT molecular complexity index is 3080. The number of halogens is 6. The number of allylic oxidation sites excluding steroid dienone is 1. The topological polar surface area (TPSA) is 86.0 Å². The number of hydrogen-bond acceptors (Lipinski definition) is 6. The van der Waals surface area contributed by atoms with Crippen molar-refractivity contribution in [3.8, 4) is 51.0 Å². The minimum atomic E-state index is -1.00. The molecule has 416 valence electrons. The Hall–Kier alpha value is -3.45. The summed E-state index contributed by atoms with van der Waals surface area (Å²) in [7, 11) is 5.62. The van der Waals surface area contributed by atoms with Gasteiger partial charge in [0.25, 0.3) is 0 Å². The normalized spacial score (nSPS) is 10.7. The Balaban J connectivity index is 0.000000288. The van der Waals surface area contributed by atoms with Crippen molar-refractivity contribution in [2.45, 2.75) is 45.2 Å². The predicted octanol–water partition coefficient (Wildman–Crippen LogP) is 16.1. The maximum atomic E-state index is 9.96. The molecule has 1 N–H and O–H groups in total. The molecule has 0 spiro atoms. The Morgan fingerprint density at radius 2 is 1.01 bits per heavy atom. The van der Waals surface area contributed by atoms with Crippen LogP contribution in [0.15, 0.2) is 170 Å². The second kappa shape index (κ2) is 39.9. The van der Waals surface area contributed by atoms with Crippen LogP contribution in [0.5, 0.6) is 28.7 Å². The molecule has 8 nitrogen and oxygen atoms in total. The number of alkyl halides is 6. The summed E-state index contributed by atoms with van der Waals surface area (Å²) in [5.74, 6) is 3.71. The van der Waals surface area contributed by atoms with Gasteiger partial charge < -0.3 is 38.3 Å². The minimum Gasteiger partial charge on any atom is -0.870 e. The van der Waals surface area contributed by atoms with E-state index in [4.69, 9.17) is 25.1 Å². The third-order valence-electron chi connectivity index (χ3n) is 12.3. The number of rotatable bonds is 18. The van der Waals surface area contributed by atoms with E-state index in [0.29, 0.717) is 6.61 Å². The molecular weight excluding hydrogens is 1350 g/mol. The monoisotopic (exact) mass is 1420 g/mol. The van der Waals surface area contributed by atoms with Gasteiger partial charge in [-0.3, -0.25) is 4.39 Å². The van der Waals surface area contributed by atoms with Crippen LogP contribution in [0.4, 0.5) is 4.39 Å². The summed E-state index contributed by atoms with van der Waals surface area (Å²) < 4.78 is 48.8. The van der Waals surface area contributed by atoms with Crippen LogP contribution in [-0.4, -0.2) is 83.5 Å². The number of methoxy groups -OCH3 is 4. The van der Waals surface area contributed by atoms with Gasteiger partial charge in [-0.2, -0.15) is 0 Å². The molecule has 1 aliphatic rings. The summed E-state index contributed by atoms with van der Waals surface area (Å²) in [6, 6.07) is 54.0. The fourth-order valence-corrected chi connectivity index (χ4v) is 10.7. The van der Waals surface area contributed by atoms with Gasteiger partial charge in [-0.25, -0.2) is 0 Å². The number of para-hydroxylation sites is 4. The van der Waals surface area contributed by atoms with Crippen molar-refractivity contribution >= 4 is 118 Å². The zero-order chi connectivity index (χ0) is 55.9. The summed E-state index contributed by atoms with van der Waals surface area (Å²) in [6.45, 7) is 2.73. The molecule has 0 atom stereocenters. The maximum Gasteiger partial charge on any atom is 1.00 e. The molecule has 0 aliphatic heterocycles. The van der Waals surface area contributed by atoms with E-state index in [-0.39, 0.29) is 56.9 Å². The third kappa shape index (κ3) is 20.4. The smallest absolute Gasteiger partial charge is 0.870 e. The summed E-state index contributed by atoms with van der Waals surface area (Å²) in [5, 5.41) is 9.24. The minimum absolute atomic E-state index is 0. The average Bonchev–Trinajstić information content (AvgIpc) is 4.28. The molecule has 79 heavy (non-hydrogen) atoms. The van der Waals surface area contributed by atoms with Crippen LogP contribution < -0.4 is 75.1 Å². The third-order valence-corrected chi connectivity index (χ3v) is 15.1. The van der Waals surface area contributed by atoms with Gasteiger partial charge in [-0.05, 0) is 109 Å². The van der Waals surface area contributed by atoms with Gasteiger partial charge in [0.15, 0.2) is 0 Å². The maximum absolute atomic E-state index is 9.96. The van der Waals surface area contributed by atoms with Gasteiger partial charge in [0, 0.05) is 95.5 Å². The van der Waals surface area contributed by atoms with Gasteiger partial charge in [-0.15, -0.1) is 0 Å². The second-order valence-corrected chi connectivity index (χ2v) is 21.0. The van der Waals surface area contributed by atoms with Crippen molar-refractivity contribution in [3.05, 3.63) is 181 Å². The number of hydrogen-bond donors (Lipinski definition) is 0. The summed E-state index contributed by atoms with van der Waals surface area (Å²) >= 11 is 17.0. The van der Waals surface area contributed by atoms with Gasteiger partial charge in [0.1, 0.15) is 28.7 Å². The Morgan fingerprint density at radius 3 is 1.52 bits per heavy atom. The van der Waals surface area contributed by atoms with Gasteiger partial charge in [0.05, 0.1) is 43.6 Å². The molecule has 15 heteroatoms. The largest absolute Gasteiger partial charge is 1.00 e. The number of fused-ring (bicyclic) bond motifs is 5. The first kappa shape index (κ1) is 68.0. The zero-order valence-electron chi connectivity index (χ0n) is 46.8. The standard InChI is InChI=1S/C25H27BrO5.C15H14BrN.C11H12BrN.C9H8.C3H6Br2.CH3F.K.H2O/c1-27-17-9-11-23(29-3)21(15-17)19-7-5-8-20(25(19)31-14-6-13-26)22-16-18(28-2)10-12-24(22)30-4;16-10-5-11-17-14-8-3-1-6-12(14)13-7-2-4-9-15(13)17;12-7-3-8-13-9-6-10-4-1-2-5-11(10)13;1-2-5-9-7-3-6-8(9)4-1;4-2-1-3-5;1-2;;/h5,7-12,15-16H,6,13-14H2,1-4H3;1-4,6-9H,5,10-11H2;1-2,4-6,9H,3,7-8H2;1-6H,7H2;1-3H2;1H3;;1H2/q;;;;;;+1;/p-1/i;;;;;1D;;. The van der Waals surface area contributed by atoms with Crippen molar-refractivity contribution in [2.75, 3.05) is 68.9 Å². The van der Waals surface area contributed by atoms with Crippen molar-refractivity contribution in [2.24, 2.45) is 0 Å². The van der Waals surface area contributed by atoms with Crippen molar-refractivity contribution in [1.29, 1.82) is 0 Å². The van der Waals surface area contributed by atoms with Crippen LogP contribution in [0, 0.1) is 0 Å². The van der Waals surface area contributed by atoms with Crippen LogP contribution in [0.1, 0.15) is 38.2 Å². The van der Waals surface area contributed by atoms with Gasteiger partial charge in [0.2, 0.25) is 0 Å². The molecule has 0 unspecified atom stereocenters. The predicted molar refractivity (Wildman–Crippen MR) is 346 cm³/mol. The molecule has 2 aromatic heterocycles. The van der Waals surface area contributed by atoms with E-state index in [9.17, 15) is 4.39 Å². The first-order chi connectivity index (χ1) is 38.3. The molecule has 10 rings (SSSR count). The van der Waals surface area contributed by atoms with E-state index in [0.717, 1.165) is 110 Å². The van der Waals surface area contributed by atoms with Crippen molar-refractivity contribution in [3.63, 3.8) is 0 Å². The first-order valence-electron chi connectivity index (χ1n) is 26.1. The number of ether oxygens (including phenoxy) is 5. The van der Waals surface area contributed by atoms with Crippen molar-refractivity contribution < 1.29 is 86.3 Å². The fraction of sp³-hybridized carbons (Fsp3) is 0.281. The van der Waals surface area contributed by atoms with Gasteiger partial charge in [-0.1, -0.05) is 189 Å². The molecule has 9 aromatic rings. The molecule has 0 saturated heterocycles. The van der Waals surface area contributed by atoms with E-state index >= 15 is 0 Å². The first-order valence-corrected chi connectivity index (χ1v) is 31.0. The summed E-state index contributed by atoms with van der Waals surface area (Å²) in [5.41, 5.74) is 10.5. The van der Waals surface area contributed by atoms with Crippen LogP contribution in [0.2, 0.25) is 0 Å². The van der Waals surface area contributed by atoms with Crippen molar-refractivity contribution in [1.82, 2.24) is 9.13 Å². The molecule has 2 heterocycles. The number of aryl methyl sites for hydroxylation is 2. The summed E-state index contributed by atoms with van der Waals surface area (Å²) in [6.07, 6.45) is 12.1. The van der Waals surface area contributed by atoms with Gasteiger partial charge >= 0.3 is 51.4 Å². The van der Waals surface area contributed by atoms with Crippen LogP contribution >= 0.6 is 79.6 Å². The summed E-state index contributed by atoms with van der Waals surface area (Å²) in [4.78, 5) is 0. The molecule has 0 radical (unpaired) electrons. The fourth-order valence-electron chi connectivity index (χ4n) is 8.67. The molecule has 7 aromatic carbocycles. The molecular formula is C64H71Br5FKN2O6. The number of benzene rings is 7. The molecule has 0 fully saturated rings. The Morgan fingerprint density at radius 1 is 0.519 bits per heavy atom. The van der Waals surface area contributed by atoms with Crippen LogP contribution in [-0.2, 0) is 19.5 Å². The van der Waals surface area contributed by atoms with E-state index in [1.165, 1.54) is 56.7 Å². The quantitative estimate of drug-likeness (QED) is 0.0483. The van der Waals surface area contributed by atoms with E-state index in [2.05, 4.69) is 210 Å². The second-order valence-electron chi connectivity index (χ2n) is 17.1. The molecule has 0 saturated carbocycles. The van der Waals surface area contributed by atoms with Crippen LogP contribution in [0.3, 0.4) is 0 Å². The Labute approximate surface area is 553 Å². The van der Waals surface area contributed by atoms with Crippen LogP contribution in [0.25, 0.3) is 61.0 Å². The SMILES string of the molecule is BrCCCBr.BrCCCn1c2ccccc2c2ccccc21.BrCCCn1ccc2ccccc21.C1=Cc2ccccc2C1.COc1ccc(OC)c(-c2cccc(-c3cc(OC)ccc3OC)c2OCCCBr)c1.[2H]CF.[K+].[OH-]. The van der Waals surface area contributed by atoms with E-state index < -0.39 is 7.15 Å². The molecule has 0 amide bonds. The van der Waals surface area contributed by atoms with E-state index in [1.807, 2.05) is 54.6 Å².